The highest BCUT2D eigenvalue weighted by atomic mass is 16.5. The molecule has 1 unspecified atom stereocenters. The lowest BCUT2D eigenvalue weighted by Gasteiger charge is -2.22. The van der Waals surface area contributed by atoms with E-state index < -0.39 is 0 Å². The van der Waals surface area contributed by atoms with Crippen LogP contribution in [0.2, 0.25) is 0 Å². The maximum atomic E-state index is 13.0. The molecule has 1 saturated heterocycles. The van der Waals surface area contributed by atoms with Crippen LogP contribution in [0.4, 0.5) is 0 Å². The Morgan fingerprint density at radius 3 is 2.05 bits per heavy atom. The third-order valence-electron chi connectivity index (χ3n) is 11.1. The summed E-state index contributed by atoms with van der Waals surface area (Å²) in [5, 5.41) is 0. The number of hydrogen-bond acceptors (Lipinski definition) is 6. The van der Waals surface area contributed by atoms with E-state index in [-0.39, 0.29) is 11.8 Å². The fraction of sp³-hybridized carbons (Fsp3) is 0.560. The third-order valence-corrected chi connectivity index (χ3v) is 11.1. The summed E-state index contributed by atoms with van der Waals surface area (Å²) in [7, 11) is 0. The number of ether oxygens (including phenoxy) is 4. The largest absolute Gasteiger partial charge is 0.498 e. The molecule has 1 atom stereocenters. The van der Waals surface area contributed by atoms with Gasteiger partial charge in [-0.25, -0.2) is 4.79 Å². The lowest BCUT2D eigenvalue weighted by atomic mass is 9.93. The molecule has 1 aliphatic heterocycles. The average molecular weight is 767 g/mol. The van der Waals surface area contributed by atoms with Crippen molar-refractivity contribution in [1.82, 2.24) is 0 Å². The fourth-order valence-electron chi connectivity index (χ4n) is 7.51. The van der Waals surface area contributed by atoms with Crippen molar-refractivity contribution >= 4 is 11.8 Å². The lowest BCUT2D eigenvalue weighted by molar-refractivity contribution is -0.114. The molecule has 0 radical (unpaired) electrons. The highest BCUT2D eigenvalue weighted by Gasteiger charge is 2.15. The predicted molar refractivity (Wildman–Crippen MR) is 230 cm³/mol. The molecule has 6 nitrogen and oxygen atoms in total. The molecule has 0 saturated carbocycles. The van der Waals surface area contributed by atoms with Crippen LogP contribution in [0.25, 0.3) is 0 Å². The van der Waals surface area contributed by atoms with Crippen molar-refractivity contribution in [3.05, 3.63) is 107 Å². The Bertz CT molecular complexity index is 1540. The maximum Gasteiger partial charge on any atom is 0.343 e. The maximum absolute atomic E-state index is 13.0. The zero-order valence-corrected chi connectivity index (χ0v) is 34.6. The molecule has 2 aromatic rings. The lowest BCUT2D eigenvalue weighted by Crippen LogP contribution is -2.18. The van der Waals surface area contributed by atoms with E-state index in [0.29, 0.717) is 30.4 Å². The molecular formula is C50H70O6. The van der Waals surface area contributed by atoms with Crippen LogP contribution in [0.1, 0.15) is 163 Å². The van der Waals surface area contributed by atoms with E-state index in [4.69, 9.17) is 18.9 Å². The van der Waals surface area contributed by atoms with Gasteiger partial charge >= 0.3 is 5.97 Å². The van der Waals surface area contributed by atoms with Crippen molar-refractivity contribution in [2.24, 2.45) is 0 Å². The second kappa shape index (κ2) is 26.9. The number of hydrogen-bond donors (Lipinski definition) is 0. The zero-order chi connectivity index (χ0) is 39.6. The van der Waals surface area contributed by atoms with Gasteiger partial charge in [-0.2, -0.15) is 0 Å². The summed E-state index contributed by atoms with van der Waals surface area (Å²) in [6.45, 7) is 12.3. The smallest absolute Gasteiger partial charge is 0.343 e. The Kier molecular flexibility index (Phi) is 21.5. The SMILES string of the molecule is C=CC(=O)CCCCCCCOC1=CC=C(C(=C)Cc2ccc(OC(=O)c3ccc(OCCCCCCCCCCCCC4CCCCO4)c(C)c3)cc2)CC1. The van der Waals surface area contributed by atoms with Crippen LogP contribution < -0.4 is 9.47 Å². The number of rotatable bonds is 29. The fourth-order valence-corrected chi connectivity index (χ4v) is 7.51. The normalized spacial score (nSPS) is 15.4. The first-order chi connectivity index (χ1) is 27.4. The number of carbonyl (C=O) groups is 2. The zero-order valence-electron chi connectivity index (χ0n) is 34.6. The number of allylic oxidation sites excluding steroid dienone is 6. The molecule has 2 aliphatic rings. The number of aryl methyl sites for hydroxylation is 1. The van der Waals surface area contributed by atoms with E-state index in [1.807, 2.05) is 43.3 Å². The topological polar surface area (TPSA) is 71.1 Å². The molecule has 1 heterocycles. The Morgan fingerprint density at radius 1 is 0.768 bits per heavy atom. The minimum atomic E-state index is -0.375. The molecule has 0 amide bonds. The van der Waals surface area contributed by atoms with Crippen molar-refractivity contribution in [3.8, 4) is 11.5 Å². The van der Waals surface area contributed by atoms with Gasteiger partial charge in [-0.3, -0.25) is 4.79 Å². The van der Waals surface area contributed by atoms with Gasteiger partial charge < -0.3 is 18.9 Å². The molecule has 56 heavy (non-hydrogen) atoms. The molecule has 1 fully saturated rings. The standard InChI is InChI=1S/C50H70O6/c1-4-45(51)22-16-12-11-15-19-35-54-47-32-27-43(28-33-47)40(2)38-42-25-30-48(31-26-42)56-50(52)44-29-34-49(41(3)39-44)55-37-20-14-10-8-6-5-7-9-13-17-23-46-24-18-21-36-53-46/h4,25-27,29-32,34,39,46H,1-2,5-24,28,33,35-38H2,3H3. The molecular weight excluding hydrogens is 697 g/mol. The summed E-state index contributed by atoms with van der Waals surface area (Å²) in [6, 6.07) is 13.2. The minimum absolute atomic E-state index is 0.136. The first-order valence-corrected chi connectivity index (χ1v) is 21.9. The number of esters is 1. The third kappa shape index (κ3) is 17.9. The van der Waals surface area contributed by atoms with Gasteiger partial charge in [0, 0.05) is 19.4 Å². The summed E-state index contributed by atoms with van der Waals surface area (Å²) in [5.41, 5.74) is 4.90. The van der Waals surface area contributed by atoms with Crippen molar-refractivity contribution in [2.75, 3.05) is 19.8 Å². The van der Waals surface area contributed by atoms with Crippen molar-refractivity contribution < 1.29 is 28.5 Å². The van der Waals surface area contributed by atoms with Gasteiger partial charge in [-0.15, -0.1) is 0 Å². The molecule has 0 spiro atoms. The molecule has 2 aromatic carbocycles. The first-order valence-electron chi connectivity index (χ1n) is 21.9. The van der Waals surface area contributed by atoms with Crippen molar-refractivity contribution in [3.63, 3.8) is 0 Å². The van der Waals surface area contributed by atoms with E-state index in [1.165, 1.54) is 95.1 Å². The van der Waals surface area contributed by atoms with Gasteiger partial charge in [0.25, 0.3) is 0 Å². The first kappa shape index (κ1) is 44.8. The highest BCUT2D eigenvalue weighted by molar-refractivity contribution is 5.91. The molecule has 306 valence electrons. The molecule has 6 heteroatoms. The van der Waals surface area contributed by atoms with Gasteiger partial charge in [0.2, 0.25) is 0 Å². The number of ketones is 1. The van der Waals surface area contributed by atoms with E-state index >= 15 is 0 Å². The number of carbonyl (C=O) groups excluding carboxylic acids is 2. The van der Waals surface area contributed by atoms with E-state index in [1.54, 1.807) is 6.07 Å². The van der Waals surface area contributed by atoms with E-state index in [2.05, 4.69) is 25.3 Å². The van der Waals surface area contributed by atoms with Crippen LogP contribution in [0, 0.1) is 6.92 Å². The van der Waals surface area contributed by atoms with Crippen LogP contribution in [-0.4, -0.2) is 37.7 Å². The summed E-state index contributed by atoms with van der Waals surface area (Å²) < 4.78 is 23.6. The van der Waals surface area contributed by atoms with Gasteiger partial charge in [0.15, 0.2) is 5.78 Å². The Morgan fingerprint density at radius 2 is 1.43 bits per heavy atom. The monoisotopic (exact) mass is 767 g/mol. The summed E-state index contributed by atoms with van der Waals surface area (Å²) >= 11 is 0. The van der Waals surface area contributed by atoms with Crippen LogP contribution in [0.15, 0.2) is 90.8 Å². The van der Waals surface area contributed by atoms with Crippen LogP contribution in [0.5, 0.6) is 11.5 Å². The summed E-state index contributed by atoms with van der Waals surface area (Å²) in [4.78, 5) is 24.2. The molecule has 0 aromatic heterocycles. The number of benzene rings is 2. The van der Waals surface area contributed by atoms with Gasteiger partial charge in [-0.05, 0) is 129 Å². The highest BCUT2D eigenvalue weighted by Crippen LogP contribution is 2.28. The van der Waals surface area contributed by atoms with E-state index in [9.17, 15) is 9.59 Å². The van der Waals surface area contributed by atoms with Crippen LogP contribution >= 0.6 is 0 Å². The van der Waals surface area contributed by atoms with Gasteiger partial charge in [0.05, 0.1) is 30.6 Å². The second-order valence-electron chi connectivity index (χ2n) is 15.8. The van der Waals surface area contributed by atoms with E-state index in [0.717, 1.165) is 99.2 Å². The number of unbranched alkanes of at least 4 members (excludes halogenated alkanes) is 13. The summed E-state index contributed by atoms with van der Waals surface area (Å²) in [6.07, 6.45) is 32.6. The quantitative estimate of drug-likeness (QED) is 0.0355. The molecule has 1 aliphatic carbocycles. The minimum Gasteiger partial charge on any atom is -0.498 e. The van der Waals surface area contributed by atoms with Crippen molar-refractivity contribution in [1.29, 1.82) is 0 Å². The van der Waals surface area contributed by atoms with Crippen LogP contribution in [-0.2, 0) is 20.7 Å². The second-order valence-corrected chi connectivity index (χ2v) is 15.8. The Labute approximate surface area is 338 Å². The predicted octanol–water partition coefficient (Wildman–Crippen LogP) is 13.3. The molecule has 4 rings (SSSR count). The molecule has 0 bridgehead atoms. The van der Waals surface area contributed by atoms with Crippen LogP contribution in [0.3, 0.4) is 0 Å². The van der Waals surface area contributed by atoms with Gasteiger partial charge in [-0.1, -0.05) is 108 Å². The average Bonchev–Trinajstić information content (AvgIpc) is 3.22. The Hall–Kier alpha value is -3.90. The Balaban J connectivity index is 1.03. The van der Waals surface area contributed by atoms with Crippen molar-refractivity contribution in [2.45, 2.75) is 161 Å². The van der Waals surface area contributed by atoms with Gasteiger partial charge in [0.1, 0.15) is 11.5 Å². The molecule has 0 N–H and O–H groups in total. The summed E-state index contributed by atoms with van der Waals surface area (Å²) in [5.74, 6) is 2.14.